The molecule has 0 spiro atoms. The van der Waals surface area contributed by atoms with Gasteiger partial charge in [-0.3, -0.25) is 33.9 Å². The highest BCUT2D eigenvalue weighted by atomic mass is 35.5. The Balaban J connectivity index is 1.06. The molecule has 8 rings (SSSR count). The van der Waals surface area contributed by atoms with Crippen LogP contribution in [0.15, 0.2) is 169 Å². The summed E-state index contributed by atoms with van der Waals surface area (Å²) in [6, 6.07) is 37.7. The highest BCUT2D eigenvalue weighted by Crippen LogP contribution is 2.44. The van der Waals surface area contributed by atoms with Crippen LogP contribution >= 0.6 is 11.6 Å². The number of rotatable bonds is 31. The minimum Gasteiger partial charge on any atom is -0.488 e. The normalized spacial score (nSPS) is 14.1. The standard InChI is InChI=1S/C74H87ClN10O11/c1-8-78-71(76)79-37-16-15-25-59(70(91)92)80-65(86)60(40-47-29-34-53(35-30-47)96-74(5,6)7)83-69(90)64(45-95-73(2,3)4)84-67(88)62(42-49-18-17-36-77-43-49)82-66(87)61(39-46-27-32-52(75)33-28-46)81-68(89)63(41-48-26-31-50-19-9-10-20-51(50)38-48)85-72(93)94-44-58-56-23-13-11-21-54(56)55-22-12-14-24-57(55)58/h9-14,17-24,26-36,38,43,58-64H,8,15-16,25,37,39-42,44-45H2,1-7H3,(H,80,86)(H,81,89)(H,82,87)(H,83,90)(H,84,88)(H,85,93)(H,91,92)(H3,76,78,79)/t59-,60+,61-,62-,63-,64+/m1/s1. The fourth-order valence-electron chi connectivity index (χ4n) is 11.1. The molecule has 6 aromatic carbocycles. The Morgan fingerprint density at radius 3 is 1.61 bits per heavy atom. The number of nitrogens with one attached hydrogen (secondary N) is 7. The first kappa shape index (κ1) is 72.0. The third-order valence-corrected chi connectivity index (χ3v) is 16.1. The molecule has 0 aliphatic heterocycles. The lowest BCUT2D eigenvalue weighted by Gasteiger charge is -2.29. The summed E-state index contributed by atoms with van der Waals surface area (Å²) in [4.78, 5) is 110. The maximum Gasteiger partial charge on any atom is 0.407 e. The zero-order valence-corrected chi connectivity index (χ0v) is 56.0. The van der Waals surface area contributed by atoms with Crippen molar-refractivity contribution in [2.24, 2.45) is 10.7 Å². The van der Waals surface area contributed by atoms with Crippen molar-refractivity contribution < 1.29 is 52.9 Å². The molecule has 21 nitrogen and oxygen atoms in total. The van der Waals surface area contributed by atoms with Crippen LogP contribution in [0.25, 0.3) is 21.9 Å². The van der Waals surface area contributed by atoms with Gasteiger partial charge in [0.15, 0.2) is 5.96 Å². The van der Waals surface area contributed by atoms with Gasteiger partial charge in [-0.2, -0.15) is 0 Å². The molecular weight excluding hydrogens is 1240 g/mol. The van der Waals surface area contributed by atoms with Gasteiger partial charge in [-0.15, -0.1) is 0 Å². The van der Waals surface area contributed by atoms with Crippen LogP contribution in [-0.2, 0) is 63.9 Å². The second-order valence-corrected chi connectivity index (χ2v) is 26.2. The maximum atomic E-state index is 15.2. The Kier molecular flexibility index (Phi) is 25.5. The number of aliphatic carboxylic acids is 1. The van der Waals surface area contributed by atoms with E-state index in [-0.39, 0.29) is 50.6 Å². The minimum absolute atomic E-state index is 0.0205. The number of nitrogens with zero attached hydrogens (tertiary/aromatic N) is 2. The quantitative estimate of drug-likeness (QED) is 0.0112. The van der Waals surface area contributed by atoms with Crippen molar-refractivity contribution in [1.29, 1.82) is 0 Å². The molecule has 0 radical (unpaired) electrons. The Labute approximate surface area is 565 Å². The molecule has 10 N–H and O–H groups in total. The van der Waals surface area contributed by atoms with E-state index in [1.165, 1.54) is 6.20 Å². The number of hydrogen-bond donors (Lipinski definition) is 9. The first-order valence-electron chi connectivity index (χ1n) is 32.3. The van der Waals surface area contributed by atoms with E-state index in [0.717, 1.165) is 33.0 Å². The van der Waals surface area contributed by atoms with Crippen LogP contribution in [0, 0.1) is 0 Å². The summed E-state index contributed by atoms with van der Waals surface area (Å²) in [7, 11) is 0. The van der Waals surface area contributed by atoms with Gasteiger partial charge in [0, 0.05) is 62.1 Å². The van der Waals surface area contributed by atoms with Crippen molar-refractivity contribution in [1.82, 2.24) is 42.2 Å². The number of halogens is 1. The highest BCUT2D eigenvalue weighted by molar-refractivity contribution is 6.30. The van der Waals surface area contributed by atoms with E-state index in [0.29, 0.717) is 59.0 Å². The minimum atomic E-state index is -1.53. The van der Waals surface area contributed by atoms with Gasteiger partial charge in [0.25, 0.3) is 0 Å². The smallest absolute Gasteiger partial charge is 0.407 e. The molecule has 1 heterocycles. The van der Waals surface area contributed by atoms with E-state index >= 15 is 14.4 Å². The van der Waals surface area contributed by atoms with Crippen molar-refractivity contribution >= 4 is 69.9 Å². The van der Waals surface area contributed by atoms with Gasteiger partial charge < -0.3 is 62.3 Å². The van der Waals surface area contributed by atoms with Crippen molar-refractivity contribution in [3.63, 3.8) is 0 Å². The number of nitrogens with two attached hydrogens (primary N) is 1. The number of carboxylic acids is 1. The van der Waals surface area contributed by atoms with Crippen LogP contribution in [0.5, 0.6) is 5.75 Å². The molecule has 7 aromatic rings. The number of pyridine rings is 1. The van der Waals surface area contributed by atoms with Gasteiger partial charge in [-0.1, -0.05) is 133 Å². The second kappa shape index (κ2) is 34.0. The van der Waals surface area contributed by atoms with Crippen molar-refractivity contribution in [3.05, 3.63) is 202 Å². The Hall–Kier alpha value is -9.86. The maximum absolute atomic E-state index is 15.2. The number of alkyl carbamates (subject to hydrolysis) is 1. The summed E-state index contributed by atoms with van der Waals surface area (Å²) in [5.74, 6) is -4.85. The van der Waals surface area contributed by atoms with Gasteiger partial charge >= 0.3 is 12.1 Å². The van der Waals surface area contributed by atoms with Gasteiger partial charge in [0.05, 0.1) is 12.2 Å². The molecule has 0 saturated heterocycles. The molecule has 1 aromatic heterocycles. The highest BCUT2D eigenvalue weighted by Gasteiger charge is 2.36. The van der Waals surface area contributed by atoms with Crippen LogP contribution < -0.4 is 47.7 Å². The van der Waals surface area contributed by atoms with Crippen LogP contribution in [0.1, 0.15) is 107 Å². The molecule has 0 saturated carbocycles. The summed E-state index contributed by atoms with van der Waals surface area (Å²) in [6.45, 7) is 13.3. The second-order valence-electron chi connectivity index (χ2n) is 25.7. The number of benzene rings is 6. The number of unbranched alkanes of at least 4 members (excludes halogenated alkanes) is 1. The number of amides is 6. The van der Waals surface area contributed by atoms with Gasteiger partial charge in [0.1, 0.15) is 54.2 Å². The van der Waals surface area contributed by atoms with Crippen molar-refractivity contribution in [2.75, 3.05) is 26.3 Å². The zero-order valence-electron chi connectivity index (χ0n) is 55.3. The predicted octanol–water partition coefficient (Wildman–Crippen LogP) is 8.66. The van der Waals surface area contributed by atoms with E-state index in [1.54, 1.807) is 87.6 Å². The van der Waals surface area contributed by atoms with E-state index in [2.05, 4.69) is 47.2 Å². The number of carbonyl (C=O) groups excluding carboxylic acids is 6. The summed E-state index contributed by atoms with van der Waals surface area (Å²) in [6.07, 6.45) is 2.64. The Bertz CT molecular complexity index is 3790. The Morgan fingerprint density at radius 1 is 0.562 bits per heavy atom. The molecule has 0 fully saturated rings. The van der Waals surface area contributed by atoms with Crippen LogP contribution in [0.2, 0.25) is 5.02 Å². The molecule has 6 amide bonds. The summed E-state index contributed by atoms with van der Waals surface area (Å²) < 4.78 is 18.2. The molecular formula is C74H87ClN10O11. The third kappa shape index (κ3) is 21.9. The lowest BCUT2D eigenvalue weighted by molar-refractivity contribution is -0.142. The topological polar surface area (TPSA) is 303 Å². The number of guanidine groups is 1. The number of fused-ring (bicyclic) bond motifs is 4. The number of carboxylic acid groups (broad SMARTS) is 1. The van der Waals surface area contributed by atoms with Crippen LogP contribution in [0.3, 0.4) is 0 Å². The van der Waals surface area contributed by atoms with E-state index in [4.69, 9.17) is 31.5 Å². The van der Waals surface area contributed by atoms with E-state index in [1.807, 2.05) is 119 Å². The lowest BCUT2D eigenvalue weighted by atomic mass is 9.98. The predicted molar refractivity (Wildman–Crippen MR) is 370 cm³/mol. The van der Waals surface area contributed by atoms with Gasteiger partial charge in [-0.25, -0.2) is 9.59 Å². The fraction of sp³-hybridized carbons (Fsp3) is 0.365. The molecule has 506 valence electrons. The van der Waals surface area contributed by atoms with E-state index in [9.17, 15) is 24.3 Å². The number of hydrogen-bond acceptors (Lipinski definition) is 12. The van der Waals surface area contributed by atoms with Gasteiger partial charge in [-0.05, 0) is 153 Å². The first-order chi connectivity index (χ1) is 45.9. The average molecular weight is 1330 g/mol. The number of aromatic nitrogens is 1. The summed E-state index contributed by atoms with van der Waals surface area (Å²) in [5, 5.41) is 32.3. The molecule has 1 aliphatic rings. The summed E-state index contributed by atoms with van der Waals surface area (Å²) >= 11 is 6.34. The van der Waals surface area contributed by atoms with Crippen LogP contribution in [0.4, 0.5) is 4.79 Å². The van der Waals surface area contributed by atoms with Crippen molar-refractivity contribution in [3.8, 4) is 16.9 Å². The summed E-state index contributed by atoms with van der Waals surface area (Å²) in [5.41, 5.74) is 10.9. The third-order valence-electron chi connectivity index (χ3n) is 15.9. The number of carbonyl (C=O) groups is 7. The SMILES string of the molecule is CCNC(N)=NCCCC[C@@H](NC(=O)[C@H](Cc1ccc(OC(C)(C)C)cc1)NC(=O)[C@H](COC(C)(C)C)NC(=O)[C@@H](Cc1cccnc1)NC(=O)[C@@H](Cc1ccc(Cl)cc1)NC(=O)[C@@H](Cc1ccc2ccccc2c1)NC(=O)OCC1c2ccccc2-c2ccccc21)C(=O)O. The zero-order chi connectivity index (χ0) is 68.9. The molecule has 22 heteroatoms. The molecule has 0 unspecified atom stereocenters. The van der Waals surface area contributed by atoms with Crippen LogP contribution in [-0.4, -0.2) is 131 Å². The number of ether oxygens (including phenoxy) is 3. The largest absolute Gasteiger partial charge is 0.488 e. The van der Waals surface area contributed by atoms with E-state index < -0.39 is 95.7 Å². The van der Waals surface area contributed by atoms with Gasteiger partial charge in [0.2, 0.25) is 29.5 Å². The Morgan fingerprint density at radius 2 is 1.06 bits per heavy atom. The number of aliphatic imine (C=N–C) groups is 1. The first-order valence-corrected chi connectivity index (χ1v) is 32.7. The molecule has 0 bridgehead atoms. The average Bonchev–Trinajstić information content (AvgIpc) is 1.62. The monoisotopic (exact) mass is 1330 g/mol. The molecule has 6 atom stereocenters. The molecule has 1 aliphatic carbocycles. The lowest BCUT2D eigenvalue weighted by Crippen LogP contribution is -2.61. The molecule has 96 heavy (non-hydrogen) atoms. The fourth-order valence-corrected chi connectivity index (χ4v) is 11.3. The van der Waals surface area contributed by atoms with Crippen molar-refractivity contribution in [2.45, 2.75) is 147 Å².